The summed E-state index contributed by atoms with van der Waals surface area (Å²) in [5.41, 5.74) is 2.47. The van der Waals surface area contributed by atoms with Crippen LogP contribution in [0.2, 0.25) is 0 Å². The van der Waals surface area contributed by atoms with E-state index in [4.69, 9.17) is 4.74 Å². The van der Waals surface area contributed by atoms with Gasteiger partial charge in [-0.2, -0.15) is 0 Å². The van der Waals surface area contributed by atoms with E-state index >= 15 is 0 Å². The molecule has 2 rings (SSSR count). The van der Waals surface area contributed by atoms with E-state index in [1.54, 1.807) is 7.11 Å². The summed E-state index contributed by atoms with van der Waals surface area (Å²) in [4.78, 5) is 0. The van der Waals surface area contributed by atoms with Crippen molar-refractivity contribution in [2.24, 2.45) is 0 Å². The van der Waals surface area contributed by atoms with Crippen LogP contribution in [0.15, 0.2) is 18.2 Å². The van der Waals surface area contributed by atoms with E-state index in [9.17, 15) is 5.11 Å². The Morgan fingerprint density at radius 1 is 1.57 bits per heavy atom. The summed E-state index contributed by atoms with van der Waals surface area (Å²) in [6.07, 6.45) is 1.00. The van der Waals surface area contributed by atoms with Crippen molar-refractivity contribution in [2.45, 2.75) is 12.5 Å². The molecule has 76 valence electrons. The first-order chi connectivity index (χ1) is 6.85. The molecule has 1 aromatic carbocycles. The van der Waals surface area contributed by atoms with Crippen LogP contribution in [-0.4, -0.2) is 25.4 Å². The van der Waals surface area contributed by atoms with Gasteiger partial charge in [-0.3, -0.25) is 0 Å². The fraction of sp³-hybridized carbons (Fsp3) is 0.455. The molecule has 0 aliphatic carbocycles. The second kappa shape index (κ2) is 3.98. The van der Waals surface area contributed by atoms with Crippen molar-refractivity contribution in [1.82, 2.24) is 5.32 Å². The lowest BCUT2D eigenvalue weighted by molar-refractivity contribution is 0.240. The zero-order valence-corrected chi connectivity index (χ0v) is 8.29. The van der Waals surface area contributed by atoms with Crippen LogP contribution < -0.4 is 10.1 Å². The number of fused-ring (bicyclic) bond motifs is 1. The molecule has 0 spiro atoms. The van der Waals surface area contributed by atoms with Gasteiger partial charge in [-0.05, 0) is 36.2 Å². The molecule has 3 heteroatoms. The van der Waals surface area contributed by atoms with Crippen molar-refractivity contribution in [1.29, 1.82) is 0 Å². The maximum atomic E-state index is 9.17. The number of ether oxygens (including phenoxy) is 1. The van der Waals surface area contributed by atoms with Crippen LogP contribution in [0.1, 0.15) is 17.2 Å². The summed E-state index contributed by atoms with van der Waals surface area (Å²) >= 11 is 0. The molecule has 0 saturated heterocycles. The number of aliphatic hydroxyl groups excluding tert-OH is 1. The topological polar surface area (TPSA) is 41.5 Å². The van der Waals surface area contributed by atoms with Crippen LogP contribution in [0.5, 0.6) is 5.75 Å². The van der Waals surface area contributed by atoms with Crippen molar-refractivity contribution in [2.75, 3.05) is 20.3 Å². The molecule has 0 saturated carbocycles. The molecule has 0 aromatic heterocycles. The minimum atomic E-state index is 0.0876. The Morgan fingerprint density at radius 3 is 3.14 bits per heavy atom. The Morgan fingerprint density at radius 2 is 2.43 bits per heavy atom. The summed E-state index contributed by atoms with van der Waals surface area (Å²) in [5, 5.41) is 12.4. The lowest BCUT2D eigenvalue weighted by Crippen LogP contribution is -2.31. The minimum absolute atomic E-state index is 0.0876. The van der Waals surface area contributed by atoms with E-state index in [0.717, 1.165) is 18.7 Å². The Balaban J connectivity index is 2.35. The lowest BCUT2D eigenvalue weighted by atomic mass is 9.94. The van der Waals surface area contributed by atoms with Gasteiger partial charge in [0, 0.05) is 0 Å². The van der Waals surface area contributed by atoms with Crippen molar-refractivity contribution >= 4 is 0 Å². The van der Waals surface area contributed by atoms with Crippen LogP contribution in [0.3, 0.4) is 0 Å². The van der Waals surface area contributed by atoms with Gasteiger partial charge in [-0.1, -0.05) is 6.07 Å². The standard InChI is InChI=1S/C11H15NO2/c1-14-9-2-3-10-8(6-9)4-5-12-11(10)7-13/h2-3,6,11-13H,4-5,7H2,1H3. The number of hydrogen-bond acceptors (Lipinski definition) is 3. The van der Waals surface area contributed by atoms with Crippen molar-refractivity contribution in [3.05, 3.63) is 29.3 Å². The van der Waals surface area contributed by atoms with Gasteiger partial charge in [0.25, 0.3) is 0 Å². The van der Waals surface area contributed by atoms with Crippen molar-refractivity contribution in [3.8, 4) is 5.75 Å². The number of aliphatic hydroxyl groups is 1. The average Bonchev–Trinajstić information content (AvgIpc) is 2.27. The van der Waals surface area contributed by atoms with Crippen LogP contribution >= 0.6 is 0 Å². The fourth-order valence-corrected chi connectivity index (χ4v) is 1.92. The van der Waals surface area contributed by atoms with E-state index in [1.807, 2.05) is 12.1 Å². The van der Waals surface area contributed by atoms with E-state index in [2.05, 4.69) is 11.4 Å². The first-order valence-corrected chi connectivity index (χ1v) is 4.86. The van der Waals surface area contributed by atoms with E-state index in [0.29, 0.717) is 0 Å². The number of rotatable bonds is 2. The Hall–Kier alpha value is -1.06. The van der Waals surface area contributed by atoms with Crippen molar-refractivity contribution in [3.63, 3.8) is 0 Å². The normalized spacial score (nSPS) is 20.3. The Labute approximate surface area is 83.7 Å². The van der Waals surface area contributed by atoms with Gasteiger partial charge in [0.05, 0.1) is 19.8 Å². The quantitative estimate of drug-likeness (QED) is 0.732. The zero-order valence-electron chi connectivity index (χ0n) is 8.29. The molecule has 14 heavy (non-hydrogen) atoms. The molecule has 0 radical (unpaired) electrons. The number of hydrogen-bond donors (Lipinski definition) is 2. The summed E-state index contributed by atoms with van der Waals surface area (Å²) < 4.78 is 5.17. The predicted octanol–water partition coefficient (Wildman–Crippen LogP) is 0.874. The molecule has 1 atom stereocenters. The highest BCUT2D eigenvalue weighted by atomic mass is 16.5. The number of methoxy groups -OCH3 is 1. The molecular weight excluding hydrogens is 178 g/mol. The summed E-state index contributed by atoms with van der Waals surface area (Å²) in [7, 11) is 1.67. The van der Waals surface area contributed by atoms with Gasteiger partial charge in [0.15, 0.2) is 0 Å². The van der Waals surface area contributed by atoms with Crippen LogP contribution in [-0.2, 0) is 6.42 Å². The lowest BCUT2D eigenvalue weighted by Gasteiger charge is -2.25. The molecular formula is C11H15NO2. The molecule has 0 fully saturated rings. The minimum Gasteiger partial charge on any atom is -0.497 e. The smallest absolute Gasteiger partial charge is 0.119 e. The highest BCUT2D eigenvalue weighted by Crippen LogP contribution is 2.26. The van der Waals surface area contributed by atoms with Gasteiger partial charge in [-0.25, -0.2) is 0 Å². The van der Waals surface area contributed by atoms with Gasteiger partial charge in [-0.15, -0.1) is 0 Å². The Bertz CT molecular complexity index is 325. The molecule has 1 unspecified atom stereocenters. The molecule has 0 bridgehead atoms. The largest absolute Gasteiger partial charge is 0.497 e. The summed E-state index contributed by atoms with van der Waals surface area (Å²) in [5.74, 6) is 0.891. The molecule has 1 aliphatic heterocycles. The summed E-state index contributed by atoms with van der Waals surface area (Å²) in [6.45, 7) is 1.07. The monoisotopic (exact) mass is 193 g/mol. The van der Waals surface area contributed by atoms with Crippen molar-refractivity contribution < 1.29 is 9.84 Å². The zero-order chi connectivity index (χ0) is 9.97. The van der Waals surface area contributed by atoms with E-state index in [1.165, 1.54) is 11.1 Å². The third kappa shape index (κ3) is 1.61. The molecule has 3 nitrogen and oxygen atoms in total. The van der Waals surface area contributed by atoms with E-state index < -0.39 is 0 Å². The fourth-order valence-electron chi connectivity index (χ4n) is 1.92. The highest BCUT2D eigenvalue weighted by molar-refractivity contribution is 5.39. The van der Waals surface area contributed by atoms with Crippen LogP contribution in [0.4, 0.5) is 0 Å². The predicted molar refractivity (Wildman–Crippen MR) is 54.5 cm³/mol. The van der Waals surface area contributed by atoms with Gasteiger partial charge < -0.3 is 15.2 Å². The molecule has 1 aromatic rings. The summed E-state index contributed by atoms with van der Waals surface area (Å²) in [6, 6.07) is 6.11. The maximum Gasteiger partial charge on any atom is 0.119 e. The first-order valence-electron chi connectivity index (χ1n) is 4.86. The second-order valence-electron chi connectivity index (χ2n) is 3.50. The molecule has 1 heterocycles. The SMILES string of the molecule is COc1ccc2c(c1)CCNC2CO. The van der Waals surface area contributed by atoms with E-state index in [-0.39, 0.29) is 12.6 Å². The first kappa shape index (κ1) is 9.49. The average molecular weight is 193 g/mol. The number of benzene rings is 1. The van der Waals surface area contributed by atoms with Crippen LogP contribution in [0, 0.1) is 0 Å². The number of nitrogens with one attached hydrogen (secondary N) is 1. The molecule has 1 aliphatic rings. The Kier molecular flexibility index (Phi) is 2.70. The third-order valence-electron chi connectivity index (χ3n) is 2.69. The molecule has 2 N–H and O–H groups in total. The second-order valence-corrected chi connectivity index (χ2v) is 3.50. The molecule has 0 amide bonds. The third-order valence-corrected chi connectivity index (χ3v) is 2.69. The van der Waals surface area contributed by atoms with Crippen LogP contribution in [0.25, 0.3) is 0 Å². The highest BCUT2D eigenvalue weighted by Gasteiger charge is 2.18. The van der Waals surface area contributed by atoms with Gasteiger partial charge in [0.2, 0.25) is 0 Å². The van der Waals surface area contributed by atoms with Gasteiger partial charge >= 0.3 is 0 Å². The van der Waals surface area contributed by atoms with Gasteiger partial charge in [0.1, 0.15) is 5.75 Å². The maximum absolute atomic E-state index is 9.17.